The van der Waals surface area contributed by atoms with Crippen LogP contribution in [0.15, 0.2) is 83.7 Å². The molecule has 0 aliphatic heterocycles. The Labute approximate surface area is 183 Å². The quantitative estimate of drug-likeness (QED) is 0.464. The first kappa shape index (κ1) is 20.4. The minimum Gasteiger partial charge on any atom is -0.495 e. The number of anilines is 1. The van der Waals surface area contributed by atoms with Crippen LogP contribution >= 0.6 is 11.6 Å². The molecule has 7 heteroatoms. The zero-order chi connectivity index (χ0) is 21.8. The molecule has 0 aliphatic rings. The fourth-order valence-electron chi connectivity index (χ4n) is 3.32. The van der Waals surface area contributed by atoms with Crippen molar-refractivity contribution < 1.29 is 9.53 Å². The number of carbonyl (C=O) groups is 1. The Morgan fingerprint density at radius 3 is 2.26 bits per heavy atom. The normalized spacial score (nSPS) is 10.5. The van der Waals surface area contributed by atoms with Crippen molar-refractivity contribution in [2.45, 2.75) is 0 Å². The van der Waals surface area contributed by atoms with Gasteiger partial charge in [0.25, 0.3) is 11.5 Å². The number of hydrogen-bond acceptors (Lipinski definition) is 4. The summed E-state index contributed by atoms with van der Waals surface area (Å²) in [6, 6.07) is 23.4. The predicted molar refractivity (Wildman–Crippen MR) is 122 cm³/mol. The summed E-state index contributed by atoms with van der Waals surface area (Å²) < 4.78 is 5.30. The van der Waals surface area contributed by atoms with Crippen molar-refractivity contribution in [1.82, 2.24) is 10.2 Å². The molecule has 0 bridgehead atoms. The fourth-order valence-corrected chi connectivity index (χ4v) is 3.49. The van der Waals surface area contributed by atoms with Crippen molar-refractivity contribution in [3.8, 4) is 28.1 Å². The molecule has 154 valence electrons. The van der Waals surface area contributed by atoms with E-state index in [1.807, 2.05) is 60.7 Å². The lowest BCUT2D eigenvalue weighted by Gasteiger charge is -2.15. The first-order chi connectivity index (χ1) is 15.1. The number of aromatic nitrogens is 2. The SMILES string of the molecule is COc1ccc(Cl)cc1NC(=O)c1c(-c2ccccc2)c(-c2ccccc2)n[nH]c1=O. The summed E-state index contributed by atoms with van der Waals surface area (Å²) in [6.45, 7) is 0. The van der Waals surface area contributed by atoms with Crippen molar-refractivity contribution in [2.75, 3.05) is 12.4 Å². The summed E-state index contributed by atoms with van der Waals surface area (Å²) in [7, 11) is 1.49. The van der Waals surface area contributed by atoms with Crippen LogP contribution in [0.4, 0.5) is 5.69 Å². The van der Waals surface area contributed by atoms with Gasteiger partial charge < -0.3 is 10.1 Å². The van der Waals surface area contributed by atoms with Gasteiger partial charge in [0.1, 0.15) is 11.3 Å². The highest BCUT2D eigenvalue weighted by Crippen LogP contribution is 2.33. The fraction of sp³-hybridized carbons (Fsp3) is 0.0417. The number of nitrogens with one attached hydrogen (secondary N) is 2. The molecule has 0 spiro atoms. The molecule has 4 aromatic rings. The molecule has 2 N–H and O–H groups in total. The van der Waals surface area contributed by atoms with E-state index in [0.29, 0.717) is 33.3 Å². The Hall–Kier alpha value is -3.90. The number of carbonyl (C=O) groups excluding carboxylic acids is 1. The van der Waals surface area contributed by atoms with Gasteiger partial charge >= 0.3 is 0 Å². The van der Waals surface area contributed by atoms with E-state index in [-0.39, 0.29) is 5.56 Å². The molecule has 6 nitrogen and oxygen atoms in total. The van der Waals surface area contributed by atoms with E-state index in [9.17, 15) is 9.59 Å². The van der Waals surface area contributed by atoms with Crippen molar-refractivity contribution in [2.24, 2.45) is 0 Å². The number of methoxy groups -OCH3 is 1. The van der Waals surface area contributed by atoms with E-state index >= 15 is 0 Å². The largest absolute Gasteiger partial charge is 0.495 e. The number of H-pyrrole nitrogens is 1. The van der Waals surface area contributed by atoms with Crippen molar-refractivity contribution in [3.05, 3.63) is 99.8 Å². The molecular weight excluding hydrogens is 414 g/mol. The molecule has 0 saturated carbocycles. The Balaban J connectivity index is 1.91. The number of halogens is 1. The van der Waals surface area contributed by atoms with Crippen molar-refractivity contribution in [3.63, 3.8) is 0 Å². The topological polar surface area (TPSA) is 84.1 Å². The highest BCUT2D eigenvalue weighted by molar-refractivity contribution is 6.31. The van der Waals surface area contributed by atoms with E-state index in [1.54, 1.807) is 18.2 Å². The van der Waals surface area contributed by atoms with Crippen LogP contribution in [0, 0.1) is 0 Å². The van der Waals surface area contributed by atoms with Crippen LogP contribution in [0.1, 0.15) is 10.4 Å². The summed E-state index contributed by atoms with van der Waals surface area (Å²) in [5.74, 6) is -0.173. The second-order valence-corrected chi connectivity index (χ2v) is 7.12. The van der Waals surface area contributed by atoms with E-state index in [1.165, 1.54) is 7.11 Å². The number of benzene rings is 3. The van der Waals surface area contributed by atoms with Gasteiger partial charge in [-0.25, -0.2) is 5.10 Å². The molecule has 1 aromatic heterocycles. The van der Waals surface area contributed by atoms with Gasteiger partial charge in [0, 0.05) is 16.1 Å². The van der Waals surface area contributed by atoms with Crippen LogP contribution in [0.5, 0.6) is 5.75 Å². The Bertz CT molecular complexity index is 1290. The maximum Gasteiger partial charge on any atom is 0.277 e. The number of ether oxygens (including phenoxy) is 1. The molecule has 4 rings (SSSR count). The lowest BCUT2D eigenvalue weighted by molar-refractivity contribution is 0.102. The summed E-state index contributed by atoms with van der Waals surface area (Å²) in [5, 5.41) is 9.90. The van der Waals surface area contributed by atoms with Crippen LogP contribution < -0.4 is 15.6 Å². The lowest BCUT2D eigenvalue weighted by atomic mass is 9.95. The van der Waals surface area contributed by atoms with Crippen molar-refractivity contribution >= 4 is 23.2 Å². The number of nitrogens with zero attached hydrogens (tertiary/aromatic N) is 1. The second kappa shape index (κ2) is 8.85. The third-order valence-electron chi connectivity index (χ3n) is 4.73. The van der Waals surface area contributed by atoms with E-state index in [0.717, 1.165) is 5.56 Å². The Morgan fingerprint density at radius 2 is 1.61 bits per heavy atom. The molecule has 3 aromatic carbocycles. The van der Waals surface area contributed by atoms with Gasteiger partial charge in [-0.1, -0.05) is 72.3 Å². The third-order valence-corrected chi connectivity index (χ3v) is 4.96. The predicted octanol–water partition coefficient (Wildman–Crippen LogP) is 5.02. The third kappa shape index (κ3) is 4.20. The first-order valence-corrected chi connectivity index (χ1v) is 9.84. The molecule has 0 unspecified atom stereocenters. The minimum absolute atomic E-state index is 0.0536. The summed E-state index contributed by atoms with van der Waals surface area (Å²) in [4.78, 5) is 26.1. The smallest absolute Gasteiger partial charge is 0.277 e. The standard InChI is InChI=1S/C24H18ClN3O3/c1-31-19-13-12-17(25)14-18(19)26-23(29)21-20(15-8-4-2-5-9-15)22(27-28-24(21)30)16-10-6-3-7-11-16/h2-14H,1H3,(H,26,29)(H,28,30). The number of rotatable bonds is 5. The minimum atomic E-state index is -0.600. The lowest BCUT2D eigenvalue weighted by Crippen LogP contribution is -2.26. The maximum atomic E-state index is 13.3. The van der Waals surface area contributed by atoms with E-state index in [4.69, 9.17) is 16.3 Å². The zero-order valence-electron chi connectivity index (χ0n) is 16.6. The molecule has 1 amide bonds. The van der Waals surface area contributed by atoms with Gasteiger partial charge in [-0.05, 0) is 23.8 Å². The summed E-state index contributed by atoms with van der Waals surface area (Å²) in [5.41, 5.74) is 2.11. The highest BCUT2D eigenvalue weighted by atomic mass is 35.5. The number of aromatic amines is 1. The van der Waals surface area contributed by atoms with E-state index < -0.39 is 11.5 Å². The van der Waals surface area contributed by atoms with Crippen LogP contribution in [-0.4, -0.2) is 23.2 Å². The van der Waals surface area contributed by atoms with Crippen molar-refractivity contribution in [1.29, 1.82) is 0 Å². The highest BCUT2D eigenvalue weighted by Gasteiger charge is 2.23. The molecule has 0 radical (unpaired) electrons. The van der Waals surface area contributed by atoms with E-state index in [2.05, 4.69) is 15.5 Å². The summed E-state index contributed by atoms with van der Waals surface area (Å²) >= 11 is 6.08. The molecule has 0 aliphatic carbocycles. The summed E-state index contributed by atoms with van der Waals surface area (Å²) in [6.07, 6.45) is 0. The van der Waals surface area contributed by atoms with Crippen LogP contribution in [0.25, 0.3) is 22.4 Å². The molecule has 31 heavy (non-hydrogen) atoms. The van der Waals surface area contributed by atoms with Gasteiger partial charge in [0.15, 0.2) is 0 Å². The Kier molecular flexibility index (Phi) is 5.82. The maximum absolute atomic E-state index is 13.3. The average molecular weight is 432 g/mol. The van der Waals surface area contributed by atoms with Crippen LogP contribution in [-0.2, 0) is 0 Å². The van der Waals surface area contributed by atoms with Gasteiger partial charge in [-0.15, -0.1) is 0 Å². The molecule has 1 heterocycles. The van der Waals surface area contributed by atoms with Crippen LogP contribution in [0.3, 0.4) is 0 Å². The average Bonchev–Trinajstić information content (AvgIpc) is 2.80. The van der Waals surface area contributed by atoms with Gasteiger partial charge in [-0.3, -0.25) is 9.59 Å². The molecule has 0 saturated heterocycles. The monoisotopic (exact) mass is 431 g/mol. The Morgan fingerprint density at radius 1 is 0.968 bits per heavy atom. The molecule has 0 atom stereocenters. The zero-order valence-corrected chi connectivity index (χ0v) is 17.3. The van der Waals surface area contributed by atoms with Gasteiger partial charge in [0.2, 0.25) is 0 Å². The van der Waals surface area contributed by atoms with Gasteiger partial charge in [-0.2, -0.15) is 5.10 Å². The second-order valence-electron chi connectivity index (χ2n) is 6.68. The molecule has 0 fully saturated rings. The number of hydrogen-bond donors (Lipinski definition) is 2. The number of amides is 1. The first-order valence-electron chi connectivity index (χ1n) is 9.47. The van der Waals surface area contributed by atoms with Gasteiger partial charge in [0.05, 0.1) is 18.5 Å². The van der Waals surface area contributed by atoms with Crippen LogP contribution in [0.2, 0.25) is 5.02 Å². The molecular formula is C24H18ClN3O3.